The van der Waals surface area contributed by atoms with Crippen molar-refractivity contribution in [3.63, 3.8) is 0 Å². The predicted molar refractivity (Wildman–Crippen MR) is 67.0 cm³/mol. The van der Waals surface area contributed by atoms with Crippen LogP contribution in [0.1, 0.15) is 36.8 Å². The molecule has 2 heterocycles. The van der Waals surface area contributed by atoms with Gasteiger partial charge < -0.3 is 10.2 Å². The van der Waals surface area contributed by atoms with Gasteiger partial charge in [-0.05, 0) is 42.3 Å². The van der Waals surface area contributed by atoms with Gasteiger partial charge >= 0.3 is 0 Å². The minimum Gasteiger partial charge on any atom is -0.468 e. The predicted octanol–water partition coefficient (Wildman–Crippen LogP) is 1.78. The fourth-order valence-electron chi connectivity index (χ4n) is 1.80. The smallest absolute Gasteiger partial charge is 0.210 e. The summed E-state index contributed by atoms with van der Waals surface area (Å²) in [5.74, 6) is 0.861. The molecule has 2 aromatic rings. The molecule has 0 saturated heterocycles. The average Bonchev–Trinajstić information content (AvgIpc) is 2.89. The zero-order valence-electron chi connectivity index (χ0n) is 10.1. The van der Waals surface area contributed by atoms with Crippen LogP contribution in [-0.4, -0.2) is 26.2 Å². The third-order valence-corrected chi connectivity index (χ3v) is 4.28. The monoisotopic (exact) mass is 265 g/mol. The fourth-order valence-corrected chi connectivity index (χ4v) is 2.87. The van der Waals surface area contributed by atoms with E-state index in [2.05, 4.69) is 15.5 Å². The van der Waals surface area contributed by atoms with Gasteiger partial charge in [0, 0.05) is 6.04 Å². The standard InChI is InChI=1S/C11H15N5OS/c1-7(12)10(9-3-2-6-17-9)18-11-13-14-15-16(11)8-4-5-8/h2-3,6-8,10H,4-5,12H2,1H3. The van der Waals surface area contributed by atoms with E-state index in [1.807, 2.05) is 23.7 Å². The molecule has 18 heavy (non-hydrogen) atoms. The Hall–Kier alpha value is -1.34. The Kier molecular flexibility index (Phi) is 3.09. The molecule has 0 amide bonds. The Morgan fingerprint density at radius 1 is 1.56 bits per heavy atom. The van der Waals surface area contributed by atoms with Crippen molar-refractivity contribution in [1.82, 2.24) is 20.2 Å². The number of thioether (sulfide) groups is 1. The van der Waals surface area contributed by atoms with Crippen molar-refractivity contribution in [3.8, 4) is 0 Å². The highest BCUT2D eigenvalue weighted by Gasteiger charge is 2.30. The maximum atomic E-state index is 6.03. The first kappa shape index (κ1) is 11.7. The van der Waals surface area contributed by atoms with Crippen molar-refractivity contribution in [2.24, 2.45) is 5.73 Å². The van der Waals surface area contributed by atoms with Crippen LogP contribution in [0, 0.1) is 0 Å². The summed E-state index contributed by atoms with van der Waals surface area (Å²) in [5.41, 5.74) is 6.03. The SMILES string of the molecule is CC(N)C(Sc1nnnn1C1CC1)c1ccco1. The van der Waals surface area contributed by atoms with Gasteiger partial charge in [-0.1, -0.05) is 11.8 Å². The van der Waals surface area contributed by atoms with Gasteiger partial charge in [0.25, 0.3) is 0 Å². The van der Waals surface area contributed by atoms with Crippen LogP contribution in [0.3, 0.4) is 0 Å². The number of rotatable bonds is 5. The number of aromatic nitrogens is 4. The van der Waals surface area contributed by atoms with E-state index in [0.717, 1.165) is 23.8 Å². The summed E-state index contributed by atoms with van der Waals surface area (Å²) in [6.07, 6.45) is 3.97. The minimum atomic E-state index is -0.0366. The van der Waals surface area contributed by atoms with Crippen LogP contribution in [0.25, 0.3) is 0 Å². The fraction of sp³-hybridized carbons (Fsp3) is 0.545. The molecule has 1 saturated carbocycles. The summed E-state index contributed by atoms with van der Waals surface area (Å²) < 4.78 is 7.33. The first-order valence-corrected chi connectivity index (χ1v) is 6.87. The van der Waals surface area contributed by atoms with Crippen LogP contribution in [0.4, 0.5) is 0 Å². The summed E-state index contributed by atoms with van der Waals surface area (Å²) in [5, 5.41) is 12.7. The zero-order valence-corrected chi connectivity index (χ0v) is 10.9. The average molecular weight is 265 g/mol. The molecule has 96 valence electrons. The number of furan rings is 1. The van der Waals surface area contributed by atoms with Gasteiger partial charge in [0.05, 0.1) is 17.6 Å². The van der Waals surface area contributed by atoms with Gasteiger partial charge in [0.2, 0.25) is 5.16 Å². The largest absolute Gasteiger partial charge is 0.468 e. The molecule has 1 aliphatic carbocycles. The molecule has 2 N–H and O–H groups in total. The van der Waals surface area contributed by atoms with Crippen LogP contribution in [0.2, 0.25) is 0 Å². The summed E-state index contributed by atoms with van der Waals surface area (Å²) in [6.45, 7) is 1.96. The van der Waals surface area contributed by atoms with E-state index in [1.165, 1.54) is 0 Å². The maximum absolute atomic E-state index is 6.03. The van der Waals surface area contributed by atoms with E-state index >= 15 is 0 Å². The second-order valence-electron chi connectivity index (χ2n) is 4.55. The van der Waals surface area contributed by atoms with Crippen LogP contribution < -0.4 is 5.73 Å². The first-order chi connectivity index (χ1) is 8.75. The van der Waals surface area contributed by atoms with Crippen molar-refractivity contribution in [3.05, 3.63) is 24.2 Å². The van der Waals surface area contributed by atoms with Crippen molar-refractivity contribution in [2.75, 3.05) is 0 Å². The minimum absolute atomic E-state index is 0.0310. The molecule has 0 radical (unpaired) electrons. The number of hydrogen-bond acceptors (Lipinski definition) is 6. The number of tetrazole rings is 1. The van der Waals surface area contributed by atoms with Crippen LogP contribution >= 0.6 is 11.8 Å². The quantitative estimate of drug-likeness (QED) is 0.830. The molecule has 0 aliphatic heterocycles. The van der Waals surface area contributed by atoms with Gasteiger partial charge in [-0.2, -0.15) is 0 Å². The molecule has 6 nitrogen and oxygen atoms in total. The van der Waals surface area contributed by atoms with Crippen molar-refractivity contribution in [1.29, 1.82) is 0 Å². The van der Waals surface area contributed by atoms with Gasteiger partial charge in [-0.3, -0.25) is 0 Å². The zero-order chi connectivity index (χ0) is 12.5. The second-order valence-corrected chi connectivity index (χ2v) is 5.66. The molecule has 1 aliphatic rings. The van der Waals surface area contributed by atoms with E-state index in [1.54, 1.807) is 18.0 Å². The van der Waals surface area contributed by atoms with Crippen molar-refractivity contribution in [2.45, 2.75) is 42.3 Å². The molecule has 0 spiro atoms. The molecule has 2 unspecified atom stereocenters. The Balaban J connectivity index is 1.82. The van der Waals surface area contributed by atoms with Gasteiger partial charge in [-0.15, -0.1) is 5.10 Å². The Morgan fingerprint density at radius 2 is 2.39 bits per heavy atom. The summed E-state index contributed by atoms with van der Waals surface area (Å²) >= 11 is 1.56. The summed E-state index contributed by atoms with van der Waals surface area (Å²) in [7, 11) is 0. The molecule has 3 rings (SSSR count). The highest BCUT2D eigenvalue weighted by Crippen LogP contribution is 2.41. The van der Waals surface area contributed by atoms with E-state index in [0.29, 0.717) is 6.04 Å². The summed E-state index contributed by atoms with van der Waals surface area (Å²) in [6, 6.07) is 4.24. The lowest BCUT2D eigenvalue weighted by Crippen LogP contribution is -2.22. The number of nitrogens with two attached hydrogens (primary N) is 1. The molecule has 0 bridgehead atoms. The van der Waals surface area contributed by atoms with Gasteiger partial charge in [-0.25, -0.2) is 4.68 Å². The van der Waals surface area contributed by atoms with Gasteiger partial charge in [0.15, 0.2) is 0 Å². The van der Waals surface area contributed by atoms with Crippen LogP contribution in [0.5, 0.6) is 0 Å². The number of nitrogens with zero attached hydrogens (tertiary/aromatic N) is 4. The summed E-state index contributed by atoms with van der Waals surface area (Å²) in [4.78, 5) is 0. The van der Waals surface area contributed by atoms with Crippen molar-refractivity contribution >= 4 is 11.8 Å². The van der Waals surface area contributed by atoms with E-state index in [-0.39, 0.29) is 11.3 Å². The van der Waals surface area contributed by atoms with Crippen LogP contribution in [-0.2, 0) is 0 Å². The van der Waals surface area contributed by atoms with Crippen molar-refractivity contribution < 1.29 is 4.42 Å². The molecule has 0 aromatic carbocycles. The van der Waals surface area contributed by atoms with E-state index in [9.17, 15) is 0 Å². The molecule has 2 atom stereocenters. The normalized spacial score (nSPS) is 18.8. The van der Waals surface area contributed by atoms with Crippen LogP contribution in [0.15, 0.2) is 28.0 Å². The maximum Gasteiger partial charge on any atom is 0.210 e. The lowest BCUT2D eigenvalue weighted by atomic mass is 10.2. The number of hydrogen-bond donors (Lipinski definition) is 1. The Morgan fingerprint density at radius 3 is 3.00 bits per heavy atom. The lowest BCUT2D eigenvalue weighted by Gasteiger charge is -2.17. The topological polar surface area (TPSA) is 82.8 Å². The molecular weight excluding hydrogens is 250 g/mol. The Labute approximate surface area is 109 Å². The third-order valence-electron chi connectivity index (χ3n) is 2.89. The molecular formula is C11H15N5OS. The van der Waals surface area contributed by atoms with E-state index < -0.39 is 0 Å². The highest BCUT2D eigenvalue weighted by molar-refractivity contribution is 7.99. The lowest BCUT2D eigenvalue weighted by molar-refractivity contribution is 0.485. The molecule has 7 heteroatoms. The highest BCUT2D eigenvalue weighted by atomic mass is 32.2. The Bertz CT molecular complexity index is 505. The first-order valence-electron chi connectivity index (χ1n) is 5.99. The van der Waals surface area contributed by atoms with Gasteiger partial charge in [0.1, 0.15) is 5.76 Å². The van der Waals surface area contributed by atoms with E-state index in [4.69, 9.17) is 10.2 Å². The second kappa shape index (κ2) is 4.74. The molecule has 1 fully saturated rings. The molecule has 2 aromatic heterocycles. The third kappa shape index (κ3) is 2.28.